The third kappa shape index (κ3) is 0.892. The van der Waals surface area contributed by atoms with Gasteiger partial charge in [0, 0.05) is 5.92 Å². The molecule has 5 nitrogen and oxygen atoms in total. The van der Waals surface area contributed by atoms with Crippen LogP contribution in [-0.2, 0) is 19.0 Å². The molecule has 0 spiro atoms. The predicted octanol–water partition coefficient (Wildman–Crippen LogP) is -0.966. The topological polar surface area (TPSA) is 65.0 Å². The molecule has 2 saturated heterocycles. The van der Waals surface area contributed by atoms with Gasteiger partial charge in [0.2, 0.25) is 0 Å². The molecule has 72 valence electrons. The Kier molecular flexibility index (Phi) is 1.45. The third-order valence-corrected chi connectivity index (χ3v) is 3.03. The summed E-state index contributed by atoms with van der Waals surface area (Å²) in [5.41, 5.74) is 0. The molecule has 0 amide bonds. The maximum Gasteiger partial charge on any atom is 0.306 e. The summed E-state index contributed by atoms with van der Waals surface area (Å²) in [6.45, 7) is 0.212. The molecule has 1 saturated carbocycles. The van der Waals surface area contributed by atoms with E-state index in [0.29, 0.717) is 6.42 Å². The molecule has 0 unspecified atom stereocenters. The molecule has 5 heteroatoms. The largest absolute Gasteiger partial charge is 0.459 e. The Morgan fingerprint density at radius 1 is 1.23 bits per heavy atom. The Morgan fingerprint density at radius 3 is 2.85 bits per heavy atom. The van der Waals surface area contributed by atoms with Crippen molar-refractivity contribution in [3.8, 4) is 0 Å². The Labute approximate surface area is 74.6 Å². The van der Waals surface area contributed by atoms with Crippen molar-refractivity contribution in [3.05, 3.63) is 0 Å². The van der Waals surface area contributed by atoms with Crippen molar-refractivity contribution in [1.82, 2.24) is 0 Å². The van der Waals surface area contributed by atoms with Crippen molar-refractivity contribution in [2.45, 2.75) is 30.8 Å². The van der Waals surface area contributed by atoms with Crippen LogP contribution in [-0.4, -0.2) is 42.3 Å². The van der Waals surface area contributed by atoms with Crippen molar-refractivity contribution < 1.29 is 24.1 Å². The van der Waals surface area contributed by atoms with Gasteiger partial charge in [-0.3, -0.25) is 4.79 Å². The number of aliphatic hydroxyl groups excluding tert-OH is 1. The second-order valence-electron chi connectivity index (χ2n) is 3.69. The first kappa shape index (κ1) is 7.73. The summed E-state index contributed by atoms with van der Waals surface area (Å²) in [6, 6.07) is 0. The highest BCUT2D eigenvalue weighted by atomic mass is 16.7. The van der Waals surface area contributed by atoms with E-state index in [4.69, 9.17) is 14.2 Å². The zero-order chi connectivity index (χ0) is 9.00. The summed E-state index contributed by atoms with van der Waals surface area (Å²) in [7, 11) is 0. The lowest BCUT2D eigenvalue weighted by Crippen LogP contribution is -2.32. The van der Waals surface area contributed by atoms with Gasteiger partial charge in [-0.1, -0.05) is 0 Å². The number of hydrogen-bond donors (Lipinski definition) is 1. The van der Waals surface area contributed by atoms with Crippen LogP contribution in [0.4, 0.5) is 0 Å². The van der Waals surface area contributed by atoms with E-state index in [2.05, 4.69) is 0 Å². The number of ether oxygens (including phenoxy) is 3. The lowest BCUT2D eigenvalue weighted by Gasteiger charge is -2.14. The van der Waals surface area contributed by atoms with Gasteiger partial charge in [0.15, 0.2) is 0 Å². The highest BCUT2D eigenvalue weighted by Crippen LogP contribution is 2.42. The van der Waals surface area contributed by atoms with Gasteiger partial charge in [-0.15, -0.1) is 0 Å². The van der Waals surface area contributed by atoms with Crippen LogP contribution in [0.2, 0.25) is 0 Å². The monoisotopic (exact) mass is 186 g/mol. The molecular weight excluding hydrogens is 176 g/mol. The zero-order valence-electron chi connectivity index (χ0n) is 6.88. The van der Waals surface area contributed by atoms with Gasteiger partial charge in [-0.05, 0) is 0 Å². The van der Waals surface area contributed by atoms with Crippen LogP contribution in [0.25, 0.3) is 0 Å². The van der Waals surface area contributed by atoms with Crippen LogP contribution in [0.3, 0.4) is 0 Å². The van der Waals surface area contributed by atoms with Crippen molar-refractivity contribution >= 4 is 5.97 Å². The first-order valence-electron chi connectivity index (χ1n) is 4.38. The summed E-state index contributed by atoms with van der Waals surface area (Å²) >= 11 is 0. The number of rotatable bonds is 0. The highest BCUT2D eigenvalue weighted by Gasteiger charge is 2.59. The Morgan fingerprint density at radius 2 is 2.00 bits per heavy atom. The van der Waals surface area contributed by atoms with Gasteiger partial charge in [-0.25, -0.2) is 0 Å². The van der Waals surface area contributed by atoms with E-state index < -0.39 is 12.2 Å². The Balaban J connectivity index is 1.90. The van der Waals surface area contributed by atoms with Gasteiger partial charge < -0.3 is 19.3 Å². The van der Waals surface area contributed by atoms with E-state index in [9.17, 15) is 9.90 Å². The van der Waals surface area contributed by atoms with E-state index >= 15 is 0 Å². The molecule has 13 heavy (non-hydrogen) atoms. The molecular formula is C8H10O5. The lowest BCUT2D eigenvalue weighted by molar-refractivity contribution is -0.147. The van der Waals surface area contributed by atoms with Crippen molar-refractivity contribution in [3.63, 3.8) is 0 Å². The zero-order valence-corrected chi connectivity index (χ0v) is 6.88. The Hall–Kier alpha value is -0.650. The van der Waals surface area contributed by atoms with E-state index in [1.165, 1.54) is 0 Å². The molecule has 5 atom stereocenters. The minimum atomic E-state index is -0.719. The summed E-state index contributed by atoms with van der Waals surface area (Å²) in [5.74, 6) is -0.266. The van der Waals surface area contributed by atoms with E-state index in [1.54, 1.807) is 0 Å². The van der Waals surface area contributed by atoms with E-state index in [0.717, 1.165) is 0 Å². The second kappa shape index (κ2) is 2.43. The molecule has 0 bridgehead atoms. The molecule has 3 aliphatic rings. The van der Waals surface area contributed by atoms with Gasteiger partial charge in [0.05, 0.1) is 12.5 Å². The summed E-state index contributed by atoms with van der Waals surface area (Å²) in [5, 5.41) is 9.71. The molecule has 0 radical (unpaired) electrons. The normalized spacial score (nSPS) is 53.3. The summed E-state index contributed by atoms with van der Waals surface area (Å²) < 4.78 is 15.5. The fraction of sp³-hybridized carbons (Fsp3) is 0.875. The average Bonchev–Trinajstić information content (AvgIpc) is 2.70. The molecule has 1 aliphatic carbocycles. The van der Waals surface area contributed by atoms with Crippen LogP contribution in [0, 0.1) is 5.92 Å². The van der Waals surface area contributed by atoms with Crippen molar-refractivity contribution in [2.75, 3.05) is 6.79 Å². The molecule has 1 N–H and O–H groups in total. The number of hydrogen-bond acceptors (Lipinski definition) is 5. The maximum atomic E-state index is 11.0. The van der Waals surface area contributed by atoms with Crippen LogP contribution in [0.15, 0.2) is 0 Å². The number of carbonyl (C=O) groups excluding carboxylic acids is 1. The van der Waals surface area contributed by atoms with Gasteiger partial charge >= 0.3 is 5.97 Å². The van der Waals surface area contributed by atoms with Crippen LogP contribution < -0.4 is 0 Å². The van der Waals surface area contributed by atoms with Crippen molar-refractivity contribution in [2.24, 2.45) is 5.92 Å². The van der Waals surface area contributed by atoms with Gasteiger partial charge in [-0.2, -0.15) is 0 Å². The number of aliphatic hydroxyl groups is 1. The Bertz CT molecular complexity index is 253. The minimum absolute atomic E-state index is 0.0185. The summed E-state index contributed by atoms with van der Waals surface area (Å²) in [6.07, 6.45) is -1.26. The predicted molar refractivity (Wildman–Crippen MR) is 38.6 cm³/mol. The standard InChI is InChI=1S/C8H10O5/c9-4-1-3-6(13-4)5(10)8-7(3)11-2-12-8/h3,5-8,10H,1-2H2/t3-,5-,6+,7-,8+/m0/s1. The fourth-order valence-corrected chi connectivity index (χ4v) is 2.46. The van der Waals surface area contributed by atoms with Crippen LogP contribution >= 0.6 is 0 Å². The molecule has 2 heterocycles. The number of carbonyl (C=O) groups is 1. The molecule has 3 fully saturated rings. The van der Waals surface area contributed by atoms with E-state index in [-0.39, 0.29) is 30.9 Å². The van der Waals surface area contributed by atoms with E-state index in [1.807, 2.05) is 0 Å². The average molecular weight is 186 g/mol. The van der Waals surface area contributed by atoms with Gasteiger partial charge in [0.1, 0.15) is 25.1 Å². The van der Waals surface area contributed by atoms with Crippen LogP contribution in [0.1, 0.15) is 6.42 Å². The molecule has 3 rings (SSSR count). The SMILES string of the molecule is O=C1C[C@H]2[C@@H](O1)[C@H](O)[C@H]1OCO[C@@H]21. The first-order valence-corrected chi connectivity index (χ1v) is 4.38. The number of esters is 1. The molecule has 0 aromatic rings. The smallest absolute Gasteiger partial charge is 0.306 e. The maximum absolute atomic E-state index is 11.0. The highest BCUT2D eigenvalue weighted by molar-refractivity contribution is 5.72. The van der Waals surface area contributed by atoms with Crippen molar-refractivity contribution in [1.29, 1.82) is 0 Å². The van der Waals surface area contributed by atoms with Gasteiger partial charge in [0.25, 0.3) is 0 Å². The number of fused-ring (bicyclic) bond motifs is 3. The van der Waals surface area contributed by atoms with Crippen LogP contribution in [0.5, 0.6) is 0 Å². The lowest BCUT2D eigenvalue weighted by atomic mass is 10.0. The first-order chi connectivity index (χ1) is 6.27. The second-order valence-corrected chi connectivity index (χ2v) is 3.69. The quantitative estimate of drug-likeness (QED) is 0.493. The molecule has 0 aromatic carbocycles. The molecule has 0 aromatic heterocycles. The molecule has 2 aliphatic heterocycles. The fourth-order valence-electron chi connectivity index (χ4n) is 2.46. The minimum Gasteiger partial charge on any atom is -0.459 e. The third-order valence-electron chi connectivity index (χ3n) is 3.03. The summed E-state index contributed by atoms with van der Waals surface area (Å²) in [4.78, 5) is 11.0.